The van der Waals surface area contributed by atoms with E-state index in [0.717, 1.165) is 0 Å². The first-order valence-electron chi connectivity index (χ1n) is 8.82. The first-order valence-corrected chi connectivity index (χ1v) is 9.20. The van der Waals surface area contributed by atoms with Gasteiger partial charge in [0.1, 0.15) is 0 Å². The molecule has 1 amide bonds. The van der Waals surface area contributed by atoms with E-state index in [9.17, 15) is 9.59 Å². The van der Waals surface area contributed by atoms with Crippen LogP contribution in [0.3, 0.4) is 0 Å². The number of ether oxygens (including phenoxy) is 1. The molecule has 0 saturated carbocycles. The minimum absolute atomic E-state index is 0.0733. The summed E-state index contributed by atoms with van der Waals surface area (Å²) < 4.78 is 5.54. The van der Waals surface area contributed by atoms with Crippen LogP contribution in [0.5, 0.6) is 0 Å². The summed E-state index contributed by atoms with van der Waals surface area (Å²) in [5.74, 6) is -0.988. The molecule has 0 aromatic carbocycles. The fourth-order valence-corrected chi connectivity index (χ4v) is 3.35. The van der Waals surface area contributed by atoms with Crippen molar-refractivity contribution in [3.63, 3.8) is 0 Å². The summed E-state index contributed by atoms with van der Waals surface area (Å²) in [5, 5.41) is 12.3. The number of hydrogen-bond donors (Lipinski definition) is 3. The third-order valence-corrected chi connectivity index (χ3v) is 4.93. The number of nitrogens with zero attached hydrogens (tertiary/aromatic N) is 4. The Morgan fingerprint density at radius 1 is 1.46 bits per heavy atom. The maximum Gasteiger partial charge on any atom is 0.354 e. The summed E-state index contributed by atoms with van der Waals surface area (Å²) in [7, 11) is 1.56. The van der Waals surface area contributed by atoms with Gasteiger partial charge in [0.05, 0.1) is 17.8 Å². The Balaban J connectivity index is 1.68. The quantitative estimate of drug-likeness (QED) is 0.647. The first-order chi connectivity index (χ1) is 13.4. The van der Waals surface area contributed by atoms with Gasteiger partial charge < -0.3 is 25.0 Å². The summed E-state index contributed by atoms with van der Waals surface area (Å²) in [6.07, 6.45) is 2.30. The van der Waals surface area contributed by atoms with Gasteiger partial charge in [-0.25, -0.2) is 19.7 Å². The monoisotopic (exact) mass is 408 g/mol. The number of aryl methyl sites for hydroxylation is 1. The molecule has 1 saturated heterocycles. The predicted molar refractivity (Wildman–Crippen MR) is 101 cm³/mol. The van der Waals surface area contributed by atoms with E-state index < -0.39 is 5.97 Å². The topological polar surface area (TPSA) is 133 Å². The third kappa shape index (κ3) is 4.23. The number of H-pyrrole nitrogens is 1. The van der Waals surface area contributed by atoms with Crippen molar-refractivity contribution >= 4 is 29.4 Å². The average Bonchev–Trinajstić information content (AvgIpc) is 3.09. The van der Waals surface area contributed by atoms with Crippen LogP contribution in [0.2, 0.25) is 5.15 Å². The van der Waals surface area contributed by atoms with E-state index in [2.05, 4.69) is 25.3 Å². The van der Waals surface area contributed by atoms with E-state index in [1.165, 1.54) is 12.3 Å². The number of piperidine rings is 1. The molecule has 11 heteroatoms. The van der Waals surface area contributed by atoms with E-state index in [1.807, 2.05) is 11.8 Å². The number of rotatable bonds is 6. The largest absolute Gasteiger partial charge is 0.477 e. The summed E-state index contributed by atoms with van der Waals surface area (Å²) in [6.45, 7) is 2.86. The summed E-state index contributed by atoms with van der Waals surface area (Å²) in [6, 6.07) is 1.09. The number of halogens is 1. The van der Waals surface area contributed by atoms with Crippen LogP contribution in [-0.4, -0.2) is 69.3 Å². The van der Waals surface area contributed by atoms with Crippen molar-refractivity contribution in [3.05, 3.63) is 34.6 Å². The molecule has 10 nitrogen and oxygen atoms in total. The molecule has 28 heavy (non-hydrogen) atoms. The average molecular weight is 409 g/mol. The number of methoxy groups -OCH3 is 1. The van der Waals surface area contributed by atoms with Crippen LogP contribution in [0.4, 0.5) is 5.95 Å². The summed E-state index contributed by atoms with van der Waals surface area (Å²) in [4.78, 5) is 40.6. The molecular weight excluding hydrogens is 388 g/mol. The van der Waals surface area contributed by atoms with Gasteiger partial charge in [-0.3, -0.25) is 4.79 Å². The Morgan fingerprint density at radius 3 is 2.89 bits per heavy atom. The summed E-state index contributed by atoms with van der Waals surface area (Å²) in [5.41, 5.74) is 0.635. The van der Waals surface area contributed by atoms with E-state index in [1.54, 1.807) is 7.11 Å². The molecule has 1 fully saturated rings. The number of hydrogen-bond acceptors (Lipinski definition) is 7. The zero-order valence-electron chi connectivity index (χ0n) is 15.5. The van der Waals surface area contributed by atoms with Gasteiger partial charge >= 0.3 is 5.97 Å². The molecule has 0 radical (unpaired) electrons. The Morgan fingerprint density at radius 2 is 2.25 bits per heavy atom. The number of anilines is 1. The van der Waals surface area contributed by atoms with Gasteiger partial charge in [-0.1, -0.05) is 18.5 Å². The lowest BCUT2D eigenvalue weighted by molar-refractivity contribution is 0.0534. The van der Waals surface area contributed by atoms with Crippen molar-refractivity contribution in [1.82, 2.24) is 25.3 Å². The van der Waals surface area contributed by atoms with Gasteiger partial charge in [-0.2, -0.15) is 0 Å². The number of carboxylic acid groups (broad SMARTS) is 1. The van der Waals surface area contributed by atoms with Crippen LogP contribution in [0.15, 0.2) is 12.3 Å². The van der Waals surface area contributed by atoms with Crippen LogP contribution in [-0.2, 0) is 11.2 Å². The second-order valence-corrected chi connectivity index (χ2v) is 6.70. The maximum atomic E-state index is 12.5. The number of carboxylic acids is 1. The molecule has 2 aromatic heterocycles. The molecule has 0 aliphatic carbocycles. The standard InChI is InChI=1S/C17H21ClN6O4/c1-3-9-13(18)23-14(20-9)15(25)21-10-5-7-24(8-12(10)28-2)17-19-6-4-11(22-17)16(26)27/h4,6,10,12H,3,5,7-8H2,1-2H3,(H,20,23)(H,21,25)(H,26,27). The maximum absolute atomic E-state index is 12.5. The predicted octanol–water partition coefficient (Wildman–Crippen LogP) is 1.14. The molecule has 3 rings (SSSR count). The zero-order chi connectivity index (χ0) is 20.3. The molecule has 150 valence electrons. The number of carbonyl (C=O) groups is 2. The van der Waals surface area contributed by atoms with Gasteiger partial charge in [0, 0.05) is 26.4 Å². The molecule has 2 atom stereocenters. The number of nitrogens with one attached hydrogen (secondary N) is 2. The van der Waals surface area contributed by atoms with Gasteiger partial charge in [-0.15, -0.1) is 0 Å². The SMILES string of the molecule is CCc1[nH]c(C(=O)NC2CCN(c3nccc(C(=O)O)n3)CC2OC)nc1Cl. The number of aromatic nitrogens is 4. The molecule has 0 bridgehead atoms. The second-order valence-electron chi connectivity index (χ2n) is 6.34. The number of imidazole rings is 1. The lowest BCUT2D eigenvalue weighted by Crippen LogP contribution is -2.55. The number of amides is 1. The first kappa shape index (κ1) is 20.0. The van der Waals surface area contributed by atoms with Gasteiger partial charge in [0.25, 0.3) is 5.91 Å². The minimum Gasteiger partial charge on any atom is -0.477 e. The molecule has 1 aliphatic rings. The van der Waals surface area contributed by atoms with E-state index >= 15 is 0 Å². The summed E-state index contributed by atoms with van der Waals surface area (Å²) >= 11 is 6.00. The van der Waals surface area contributed by atoms with Crippen LogP contribution in [0, 0.1) is 0 Å². The van der Waals surface area contributed by atoms with E-state index in [4.69, 9.17) is 21.4 Å². The molecule has 2 unspecified atom stereocenters. The Labute approximate surface area is 166 Å². The van der Waals surface area contributed by atoms with Crippen molar-refractivity contribution in [3.8, 4) is 0 Å². The molecule has 3 N–H and O–H groups in total. The highest BCUT2D eigenvalue weighted by Gasteiger charge is 2.32. The van der Waals surface area contributed by atoms with Crippen molar-refractivity contribution in [2.75, 3.05) is 25.1 Å². The van der Waals surface area contributed by atoms with Gasteiger partial charge in [0.2, 0.25) is 5.95 Å². The molecule has 0 spiro atoms. The fourth-order valence-electron chi connectivity index (χ4n) is 3.09. The second kappa shape index (κ2) is 8.53. The van der Waals surface area contributed by atoms with Crippen LogP contribution >= 0.6 is 11.6 Å². The van der Waals surface area contributed by atoms with Crippen molar-refractivity contribution < 1.29 is 19.4 Å². The minimum atomic E-state index is -1.11. The lowest BCUT2D eigenvalue weighted by Gasteiger charge is -2.37. The highest BCUT2D eigenvalue weighted by molar-refractivity contribution is 6.30. The number of aromatic amines is 1. The number of carbonyl (C=O) groups excluding carboxylic acids is 1. The molecule has 1 aliphatic heterocycles. The van der Waals surface area contributed by atoms with E-state index in [0.29, 0.717) is 42.7 Å². The van der Waals surface area contributed by atoms with Crippen molar-refractivity contribution in [2.45, 2.75) is 31.9 Å². The molecule has 3 heterocycles. The number of aromatic carboxylic acids is 1. The van der Waals surface area contributed by atoms with Crippen LogP contribution in [0.1, 0.15) is 40.1 Å². The van der Waals surface area contributed by atoms with Crippen LogP contribution in [0.25, 0.3) is 0 Å². The molecule has 2 aromatic rings. The Hall–Kier alpha value is -2.72. The smallest absolute Gasteiger partial charge is 0.354 e. The molecular formula is C17H21ClN6O4. The highest BCUT2D eigenvalue weighted by atomic mass is 35.5. The van der Waals surface area contributed by atoms with Gasteiger partial charge in [0.15, 0.2) is 16.7 Å². The van der Waals surface area contributed by atoms with Crippen molar-refractivity contribution in [1.29, 1.82) is 0 Å². The zero-order valence-corrected chi connectivity index (χ0v) is 16.2. The Bertz CT molecular complexity index is 873. The lowest BCUT2D eigenvalue weighted by atomic mass is 10.0. The Kier molecular flexibility index (Phi) is 6.10. The van der Waals surface area contributed by atoms with Crippen molar-refractivity contribution in [2.24, 2.45) is 0 Å². The van der Waals surface area contributed by atoms with E-state index in [-0.39, 0.29) is 29.6 Å². The highest BCUT2D eigenvalue weighted by Crippen LogP contribution is 2.19. The van der Waals surface area contributed by atoms with Gasteiger partial charge in [-0.05, 0) is 18.9 Å². The van der Waals surface area contributed by atoms with Crippen LogP contribution < -0.4 is 10.2 Å². The fraction of sp³-hybridized carbons (Fsp3) is 0.471. The normalized spacial score (nSPS) is 19.5. The third-order valence-electron chi connectivity index (χ3n) is 4.62.